The standard InChI is InChI=1S/C13H17IN2O2.ClH/c14-10-3-5-11(6-4-10)18-8-13(17)16-7-12(15)9-1-2-9;/h3-6,9,12H,1-2,7-8,15H2,(H,16,17);1H. The number of halogens is 2. The van der Waals surface area contributed by atoms with E-state index in [9.17, 15) is 4.79 Å². The van der Waals surface area contributed by atoms with Crippen molar-refractivity contribution in [1.82, 2.24) is 5.32 Å². The predicted molar refractivity (Wildman–Crippen MR) is 85.6 cm³/mol. The molecule has 6 heteroatoms. The molecule has 0 bridgehead atoms. The van der Waals surface area contributed by atoms with Crippen molar-refractivity contribution in [2.45, 2.75) is 18.9 Å². The first kappa shape index (κ1) is 16.5. The second kappa shape index (κ2) is 7.91. The smallest absolute Gasteiger partial charge is 0.257 e. The van der Waals surface area contributed by atoms with Gasteiger partial charge in [0.05, 0.1) is 0 Å². The lowest BCUT2D eigenvalue weighted by molar-refractivity contribution is -0.123. The number of carbonyl (C=O) groups excluding carboxylic acids is 1. The Labute approximate surface area is 133 Å². The molecule has 4 nitrogen and oxygen atoms in total. The fourth-order valence-corrected chi connectivity index (χ4v) is 2.01. The molecule has 0 saturated heterocycles. The van der Waals surface area contributed by atoms with Crippen LogP contribution < -0.4 is 15.8 Å². The highest BCUT2D eigenvalue weighted by molar-refractivity contribution is 14.1. The molecule has 1 fully saturated rings. The minimum Gasteiger partial charge on any atom is -0.484 e. The molecule has 1 aliphatic carbocycles. The van der Waals surface area contributed by atoms with Crippen LogP contribution in [-0.2, 0) is 4.79 Å². The second-order valence-electron chi connectivity index (χ2n) is 4.55. The van der Waals surface area contributed by atoms with Crippen molar-refractivity contribution < 1.29 is 9.53 Å². The lowest BCUT2D eigenvalue weighted by Gasteiger charge is -2.12. The molecule has 0 heterocycles. The van der Waals surface area contributed by atoms with Crippen molar-refractivity contribution in [2.75, 3.05) is 13.2 Å². The van der Waals surface area contributed by atoms with E-state index < -0.39 is 0 Å². The molecule has 0 aromatic heterocycles. The summed E-state index contributed by atoms with van der Waals surface area (Å²) in [7, 11) is 0. The van der Waals surface area contributed by atoms with E-state index >= 15 is 0 Å². The molecule has 1 amide bonds. The van der Waals surface area contributed by atoms with Gasteiger partial charge in [-0.25, -0.2) is 0 Å². The molecule has 0 radical (unpaired) electrons. The molecular formula is C13H18ClIN2O2. The van der Waals surface area contributed by atoms with E-state index in [1.54, 1.807) is 0 Å². The van der Waals surface area contributed by atoms with Crippen molar-refractivity contribution in [1.29, 1.82) is 0 Å². The summed E-state index contributed by atoms with van der Waals surface area (Å²) < 4.78 is 6.51. The number of ether oxygens (including phenoxy) is 1. The molecule has 1 aromatic carbocycles. The molecule has 3 N–H and O–H groups in total. The molecule has 19 heavy (non-hydrogen) atoms. The van der Waals surface area contributed by atoms with Gasteiger partial charge in [0.2, 0.25) is 0 Å². The SMILES string of the molecule is Cl.NC(CNC(=O)COc1ccc(I)cc1)C1CC1. The zero-order valence-electron chi connectivity index (χ0n) is 10.5. The molecular weight excluding hydrogens is 379 g/mol. The summed E-state index contributed by atoms with van der Waals surface area (Å²) in [6, 6.07) is 7.68. The third-order valence-corrected chi connectivity index (χ3v) is 3.67. The maximum Gasteiger partial charge on any atom is 0.257 e. The highest BCUT2D eigenvalue weighted by Crippen LogP contribution is 2.31. The Bertz CT molecular complexity index is 410. The minimum atomic E-state index is -0.121. The molecule has 1 aromatic rings. The van der Waals surface area contributed by atoms with Gasteiger partial charge in [-0.3, -0.25) is 4.79 Å². The van der Waals surface area contributed by atoms with E-state index in [-0.39, 0.29) is 31.0 Å². The Morgan fingerprint density at radius 1 is 1.42 bits per heavy atom. The Kier molecular flexibility index (Phi) is 6.88. The maximum atomic E-state index is 11.5. The average molecular weight is 397 g/mol. The number of hydrogen-bond donors (Lipinski definition) is 2. The summed E-state index contributed by atoms with van der Waals surface area (Å²) in [5, 5.41) is 2.79. The molecule has 0 spiro atoms. The normalized spacial score (nSPS) is 15.3. The summed E-state index contributed by atoms with van der Waals surface area (Å²) in [4.78, 5) is 11.5. The Morgan fingerprint density at radius 3 is 2.63 bits per heavy atom. The van der Waals surface area contributed by atoms with Crippen LogP contribution in [0.4, 0.5) is 0 Å². The monoisotopic (exact) mass is 396 g/mol. The van der Waals surface area contributed by atoms with Crippen LogP contribution in [0.15, 0.2) is 24.3 Å². The van der Waals surface area contributed by atoms with E-state index in [1.165, 1.54) is 12.8 Å². The van der Waals surface area contributed by atoms with E-state index in [1.807, 2.05) is 24.3 Å². The van der Waals surface area contributed by atoms with Crippen LogP contribution in [0.3, 0.4) is 0 Å². The summed E-state index contributed by atoms with van der Waals surface area (Å²) in [5.41, 5.74) is 5.89. The van der Waals surface area contributed by atoms with Crippen LogP contribution in [0.5, 0.6) is 5.75 Å². The predicted octanol–water partition coefficient (Wildman–Crippen LogP) is 1.95. The van der Waals surface area contributed by atoms with Gasteiger partial charge < -0.3 is 15.8 Å². The number of hydrogen-bond acceptors (Lipinski definition) is 3. The van der Waals surface area contributed by atoms with Crippen molar-refractivity contribution in [3.05, 3.63) is 27.8 Å². The number of amides is 1. The second-order valence-corrected chi connectivity index (χ2v) is 5.79. The summed E-state index contributed by atoms with van der Waals surface area (Å²) in [6.07, 6.45) is 2.38. The number of nitrogens with two attached hydrogens (primary N) is 1. The van der Waals surface area contributed by atoms with E-state index in [0.29, 0.717) is 18.2 Å². The Balaban J connectivity index is 0.00000180. The zero-order chi connectivity index (χ0) is 13.0. The van der Waals surface area contributed by atoms with Crippen molar-refractivity contribution in [3.63, 3.8) is 0 Å². The first-order chi connectivity index (χ1) is 8.65. The van der Waals surface area contributed by atoms with E-state index in [4.69, 9.17) is 10.5 Å². The third kappa shape index (κ3) is 5.97. The van der Waals surface area contributed by atoms with Gasteiger partial charge in [0.25, 0.3) is 5.91 Å². The van der Waals surface area contributed by atoms with Gasteiger partial charge >= 0.3 is 0 Å². The number of benzene rings is 1. The average Bonchev–Trinajstić information content (AvgIpc) is 3.19. The van der Waals surface area contributed by atoms with Gasteiger partial charge in [0, 0.05) is 16.2 Å². The van der Waals surface area contributed by atoms with Gasteiger partial charge in [-0.1, -0.05) is 0 Å². The molecule has 1 unspecified atom stereocenters. The molecule has 0 aliphatic heterocycles. The van der Waals surface area contributed by atoms with Gasteiger partial charge in [-0.15, -0.1) is 12.4 Å². The molecule has 1 atom stereocenters. The Hall–Kier alpha value is -0.530. The van der Waals surface area contributed by atoms with Crippen LogP contribution in [0.1, 0.15) is 12.8 Å². The highest BCUT2D eigenvalue weighted by atomic mass is 127. The van der Waals surface area contributed by atoms with Gasteiger partial charge in [-0.05, 0) is 65.6 Å². The van der Waals surface area contributed by atoms with Crippen LogP contribution >= 0.6 is 35.0 Å². The first-order valence-corrected chi connectivity index (χ1v) is 7.13. The number of carbonyl (C=O) groups is 1. The summed E-state index contributed by atoms with van der Waals surface area (Å²) >= 11 is 2.22. The fraction of sp³-hybridized carbons (Fsp3) is 0.462. The van der Waals surface area contributed by atoms with E-state index in [2.05, 4.69) is 27.9 Å². The summed E-state index contributed by atoms with van der Waals surface area (Å²) in [5.74, 6) is 1.18. The summed E-state index contributed by atoms with van der Waals surface area (Å²) in [6.45, 7) is 0.581. The number of rotatable bonds is 6. The zero-order valence-corrected chi connectivity index (χ0v) is 13.4. The van der Waals surface area contributed by atoms with Gasteiger partial charge in [0.1, 0.15) is 5.75 Å². The van der Waals surface area contributed by atoms with E-state index in [0.717, 1.165) is 3.57 Å². The molecule has 1 saturated carbocycles. The van der Waals surface area contributed by atoms with Crippen molar-refractivity contribution in [3.8, 4) is 5.75 Å². The fourth-order valence-electron chi connectivity index (χ4n) is 1.65. The third-order valence-electron chi connectivity index (χ3n) is 2.95. The molecule has 2 rings (SSSR count). The Morgan fingerprint density at radius 2 is 2.05 bits per heavy atom. The number of nitrogens with one attached hydrogen (secondary N) is 1. The highest BCUT2D eigenvalue weighted by Gasteiger charge is 2.28. The van der Waals surface area contributed by atoms with Gasteiger partial charge in [0.15, 0.2) is 6.61 Å². The molecule has 106 valence electrons. The maximum absolute atomic E-state index is 11.5. The molecule has 1 aliphatic rings. The van der Waals surface area contributed by atoms with Crippen LogP contribution in [0.2, 0.25) is 0 Å². The first-order valence-electron chi connectivity index (χ1n) is 6.06. The largest absolute Gasteiger partial charge is 0.484 e. The van der Waals surface area contributed by atoms with Crippen LogP contribution in [0, 0.1) is 9.49 Å². The topological polar surface area (TPSA) is 64.3 Å². The lowest BCUT2D eigenvalue weighted by atomic mass is 10.2. The van der Waals surface area contributed by atoms with Crippen molar-refractivity contribution >= 4 is 40.9 Å². The van der Waals surface area contributed by atoms with Crippen LogP contribution in [-0.4, -0.2) is 25.1 Å². The minimum absolute atomic E-state index is 0. The van der Waals surface area contributed by atoms with Crippen LogP contribution in [0.25, 0.3) is 0 Å². The lowest BCUT2D eigenvalue weighted by Crippen LogP contribution is -2.40. The van der Waals surface area contributed by atoms with Gasteiger partial charge in [-0.2, -0.15) is 0 Å². The van der Waals surface area contributed by atoms with Crippen molar-refractivity contribution in [2.24, 2.45) is 11.7 Å². The quantitative estimate of drug-likeness (QED) is 0.723.